The summed E-state index contributed by atoms with van der Waals surface area (Å²) in [4.78, 5) is 32.4. The first-order valence-corrected chi connectivity index (χ1v) is 11.3. The van der Waals surface area contributed by atoms with Crippen molar-refractivity contribution >= 4 is 40.2 Å². The average molecular weight is 472 g/mol. The Bertz CT molecular complexity index is 1170. The summed E-state index contributed by atoms with van der Waals surface area (Å²) >= 11 is 6.22. The molecule has 9 nitrogen and oxygen atoms in total. The maximum atomic E-state index is 12.6. The molecule has 1 atom stereocenters. The number of hydrogen-bond acceptors (Lipinski definition) is 7. The van der Waals surface area contributed by atoms with E-state index in [0.717, 1.165) is 22.5 Å². The maximum Gasteiger partial charge on any atom is 0.410 e. The number of hydrogen-bond donors (Lipinski definition) is 0. The Kier molecular flexibility index (Phi) is 6.09. The molecule has 4 rings (SSSR count). The van der Waals surface area contributed by atoms with E-state index in [2.05, 4.69) is 19.9 Å². The van der Waals surface area contributed by atoms with Gasteiger partial charge in [-0.2, -0.15) is 0 Å². The minimum Gasteiger partial charge on any atom is -0.444 e. The fourth-order valence-electron chi connectivity index (χ4n) is 4.05. The Morgan fingerprint density at radius 1 is 1.21 bits per heavy atom. The molecule has 1 amide bonds. The Morgan fingerprint density at radius 2 is 1.97 bits per heavy atom. The van der Waals surface area contributed by atoms with Crippen molar-refractivity contribution in [1.82, 2.24) is 24.4 Å². The zero-order valence-electron chi connectivity index (χ0n) is 19.9. The number of carbonyl (C=O) groups excluding carboxylic acids is 1. The number of ether oxygens (including phenoxy) is 1. The van der Waals surface area contributed by atoms with Gasteiger partial charge in [-0.05, 0) is 33.8 Å². The standard InChI is InChI=1S/C23H30ClN7O2/c1-15-12-29(9-10-30(15)22(32)33-23(2,3)4)20-19-17(28(5)6)13-31(21(19)27-14-26-20)18-11-16(24)7-8-25-18/h7-8,11,13-15H,9-10,12H2,1-6H3/t15-/m1/s1. The van der Waals surface area contributed by atoms with E-state index in [1.165, 1.54) is 0 Å². The van der Waals surface area contributed by atoms with Crippen molar-refractivity contribution in [3.05, 3.63) is 35.9 Å². The lowest BCUT2D eigenvalue weighted by atomic mass is 10.1. The zero-order valence-corrected chi connectivity index (χ0v) is 20.7. The first-order chi connectivity index (χ1) is 15.5. The Hall–Kier alpha value is -3.07. The number of rotatable bonds is 3. The highest BCUT2D eigenvalue weighted by molar-refractivity contribution is 6.30. The number of anilines is 2. The fraction of sp³-hybridized carbons (Fsp3) is 0.478. The third-order valence-corrected chi connectivity index (χ3v) is 5.77. The molecule has 10 heteroatoms. The van der Waals surface area contributed by atoms with E-state index < -0.39 is 5.60 Å². The minimum atomic E-state index is -0.523. The fourth-order valence-corrected chi connectivity index (χ4v) is 4.20. The molecular formula is C23H30ClN7O2. The third kappa shape index (κ3) is 4.68. The number of halogens is 1. The van der Waals surface area contributed by atoms with Crippen molar-refractivity contribution in [1.29, 1.82) is 0 Å². The molecule has 0 spiro atoms. The van der Waals surface area contributed by atoms with Gasteiger partial charge in [-0.3, -0.25) is 4.57 Å². The molecule has 1 fully saturated rings. The molecule has 3 aromatic heterocycles. The number of amides is 1. The summed E-state index contributed by atoms with van der Waals surface area (Å²) in [5.41, 5.74) is 1.20. The number of aromatic nitrogens is 4. The van der Waals surface area contributed by atoms with E-state index in [4.69, 9.17) is 16.3 Å². The van der Waals surface area contributed by atoms with Crippen LogP contribution in [0, 0.1) is 0 Å². The van der Waals surface area contributed by atoms with Gasteiger partial charge in [0.1, 0.15) is 23.6 Å². The highest BCUT2D eigenvalue weighted by Gasteiger charge is 2.32. The first-order valence-electron chi connectivity index (χ1n) is 10.9. The van der Waals surface area contributed by atoms with Crippen LogP contribution in [0.4, 0.5) is 16.3 Å². The smallest absolute Gasteiger partial charge is 0.410 e. The number of pyridine rings is 1. The molecular weight excluding hydrogens is 442 g/mol. The lowest BCUT2D eigenvalue weighted by Gasteiger charge is -2.40. The molecule has 0 N–H and O–H groups in total. The number of fused-ring (bicyclic) bond motifs is 1. The van der Waals surface area contributed by atoms with E-state index in [-0.39, 0.29) is 12.1 Å². The average Bonchev–Trinajstić information content (AvgIpc) is 3.12. The Balaban J connectivity index is 1.70. The minimum absolute atomic E-state index is 0.0295. The predicted octanol–water partition coefficient (Wildman–Crippen LogP) is 3.98. The van der Waals surface area contributed by atoms with Gasteiger partial charge in [0, 0.05) is 63.3 Å². The van der Waals surface area contributed by atoms with Crippen LogP contribution >= 0.6 is 11.6 Å². The van der Waals surface area contributed by atoms with E-state index in [1.54, 1.807) is 23.5 Å². The normalized spacial score (nSPS) is 16.9. The largest absolute Gasteiger partial charge is 0.444 e. The van der Waals surface area contributed by atoms with Crippen molar-refractivity contribution in [2.24, 2.45) is 0 Å². The van der Waals surface area contributed by atoms with Crippen LogP contribution in [0.3, 0.4) is 0 Å². The molecule has 1 aliphatic rings. The topological polar surface area (TPSA) is 79.6 Å². The Morgan fingerprint density at radius 3 is 2.61 bits per heavy atom. The van der Waals surface area contributed by atoms with Crippen LogP contribution in [-0.2, 0) is 4.74 Å². The van der Waals surface area contributed by atoms with Gasteiger partial charge in [-0.25, -0.2) is 19.7 Å². The van der Waals surface area contributed by atoms with Crippen molar-refractivity contribution in [3.63, 3.8) is 0 Å². The quantitative estimate of drug-likeness (QED) is 0.571. The monoisotopic (exact) mass is 471 g/mol. The van der Waals surface area contributed by atoms with Crippen LogP contribution in [0.25, 0.3) is 16.9 Å². The van der Waals surface area contributed by atoms with Crippen molar-refractivity contribution in [2.45, 2.75) is 39.3 Å². The summed E-state index contributed by atoms with van der Waals surface area (Å²) in [5.74, 6) is 1.52. The van der Waals surface area contributed by atoms with Crippen LogP contribution in [0.1, 0.15) is 27.7 Å². The second kappa shape index (κ2) is 8.70. The molecule has 0 aliphatic carbocycles. The summed E-state index contributed by atoms with van der Waals surface area (Å²) in [6, 6.07) is 3.53. The van der Waals surface area contributed by atoms with Gasteiger partial charge >= 0.3 is 6.09 Å². The summed E-state index contributed by atoms with van der Waals surface area (Å²) in [5, 5.41) is 1.54. The van der Waals surface area contributed by atoms with Crippen LogP contribution in [0.2, 0.25) is 5.02 Å². The van der Waals surface area contributed by atoms with Gasteiger partial charge in [0.05, 0.1) is 11.1 Å². The molecule has 0 unspecified atom stereocenters. The molecule has 0 saturated carbocycles. The molecule has 3 aromatic rings. The zero-order chi connectivity index (χ0) is 23.9. The molecule has 1 saturated heterocycles. The van der Waals surface area contributed by atoms with E-state index >= 15 is 0 Å². The molecule has 1 aliphatic heterocycles. The second-order valence-electron chi connectivity index (χ2n) is 9.48. The summed E-state index contributed by atoms with van der Waals surface area (Å²) in [6.07, 6.45) is 4.97. The maximum absolute atomic E-state index is 12.6. The second-order valence-corrected chi connectivity index (χ2v) is 9.91. The van der Waals surface area contributed by atoms with Crippen LogP contribution in [-0.4, -0.2) is 75.9 Å². The predicted molar refractivity (Wildman–Crippen MR) is 131 cm³/mol. The van der Waals surface area contributed by atoms with Gasteiger partial charge < -0.3 is 19.4 Å². The molecule has 0 aromatic carbocycles. The first kappa shape index (κ1) is 23.1. The van der Waals surface area contributed by atoms with Gasteiger partial charge in [0.2, 0.25) is 0 Å². The summed E-state index contributed by atoms with van der Waals surface area (Å²) in [7, 11) is 3.98. The van der Waals surface area contributed by atoms with E-state index in [0.29, 0.717) is 30.5 Å². The number of nitrogens with zero attached hydrogens (tertiary/aromatic N) is 7. The summed E-state index contributed by atoms with van der Waals surface area (Å²) in [6.45, 7) is 9.50. The molecule has 0 bridgehead atoms. The SMILES string of the molecule is C[C@@H]1CN(c2ncnc3c2c(N(C)C)cn3-c2cc(Cl)ccn2)CCN1C(=O)OC(C)(C)C. The van der Waals surface area contributed by atoms with Gasteiger partial charge in [0.25, 0.3) is 0 Å². The summed E-state index contributed by atoms with van der Waals surface area (Å²) < 4.78 is 7.52. The highest BCUT2D eigenvalue weighted by Crippen LogP contribution is 2.36. The van der Waals surface area contributed by atoms with Crippen LogP contribution < -0.4 is 9.80 Å². The third-order valence-electron chi connectivity index (χ3n) is 5.53. The van der Waals surface area contributed by atoms with Crippen LogP contribution in [0.15, 0.2) is 30.9 Å². The van der Waals surface area contributed by atoms with Crippen LogP contribution in [0.5, 0.6) is 0 Å². The molecule has 33 heavy (non-hydrogen) atoms. The van der Waals surface area contributed by atoms with E-state index in [1.807, 2.05) is 63.5 Å². The molecule has 0 radical (unpaired) electrons. The van der Waals surface area contributed by atoms with E-state index in [9.17, 15) is 4.79 Å². The van der Waals surface area contributed by atoms with Crippen molar-refractivity contribution < 1.29 is 9.53 Å². The molecule has 176 valence electrons. The lowest BCUT2D eigenvalue weighted by Crippen LogP contribution is -2.55. The van der Waals surface area contributed by atoms with Gasteiger partial charge in [0.15, 0.2) is 5.65 Å². The van der Waals surface area contributed by atoms with Gasteiger partial charge in [-0.15, -0.1) is 0 Å². The molecule has 4 heterocycles. The highest BCUT2D eigenvalue weighted by atomic mass is 35.5. The van der Waals surface area contributed by atoms with Crippen molar-refractivity contribution in [3.8, 4) is 5.82 Å². The Labute approximate surface area is 198 Å². The number of piperazine rings is 1. The van der Waals surface area contributed by atoms with Gasteiger partial charge in [-0.1, -0.05) is 11.6 Å². The van der Waals surface area contributed by atoms with Crippen molar-refractivity contribution in [2.75, 3.05) is 43.5 Å². The number of carbonyl (C=O) groups is 1. The lowest BCUT2D eigenvalue weighted by molar-refractivity contribution is 0.0159.